The molecule has 0 spiro atoms. The molecular weight excluding hydrogens is 287 g/mol. The van der Waals surface area contributed by atoms with Crippen LogP contribution in [0.15, 0.2) is 58.2 Å². The summed E-state index contributed by atoms with van der Waals surface area (Å²) in [5.41, 5.74) is 0.546. The smallest absolute Gasteiger partial charge is 0.258 e. The van der Waals surface area contributed by atoms with Crippen molar-refractivity contribution in [2.45, 2.75) is 17.1 Å². The minimum atomic E-state index is -0.260. The van der Waals surface area contributed by atoms with Crippen LogP contribution in [0.3, 0.4) is 0 Å². The van der Waals surface area contributed by atoms with E-state index in [0.717, 1.165) is 4.90 Å². The molecule has 0 radical (unpaired) electrons. The van der Waals surface area contributed by atoms with Crippen molar-refractivity contribution in [3.8, 4) is 0 Å². The lowest BCUT2D eigenvalue weighted by molar-refractivity contribution is 0.626. The topological polar surface area (TPSA) is 45.8 Å². The Morgan fingerprint density at radius 1 is 1.14 bits per heavy atom. The molecule has 0 saturated heterocycles. The van der Waals surface area contributed by atoms with Crippen LogP contribution in [-0.4, -0.2) is 9.97 Å². The van der Waals surface area contributed by atoms with Gasteiger partial charge in [-0.25, -0.2) is 9.37 Å². The Morgan fingerprint density at radius 3 is 2.62 bits per heavy atom. The highest BCUT2D eigenvalue weighted by molar-refractivity contribution is 7.99. The number of rotatable bonds is 3. The number of aromatic amines is 1. The first-order valence-corrected chi connectivity index (χ1v) is 7.42. The Morgan fingerprint density at radius 2 is 1.86 bits per heavy atom. The quantitative estimate of drug-likeness (QED) is 0.746. The van der Waals surface area contributed by atoms with Crippen molar-refractivity contribution in [3.63, 3.8) is 0 Å². The zero-order valence-corrected chi connectivity index (χ0v) is 12.2. The highest BCUT2D eigenvalue weighted by atomic mass is 32.2. The first-order chi connectivity index (χ1) is 10.1. The van der Waals surface area contributed by atoms with Gasteiger partial charge in [0.2, 0.25) is 0 Å². The lowest BCUT2D eigenvalue weighted by atomic mass is 10.2. The van der Waals surface area contributed by atoms with Crippen molar-refractivity contribution in [1.29, 1.82) is 0 Å². The van der Waals surface area contributed by atoms with E-state index in [2.05, 4.69) is 9.97 Å². The molecule has 1 N–H and O–H groups in total. The van der Waals surface area contributed by atoms with Crippen molar-refractivity contribution in [3.05, 3.63) is 70.5 Å². The highest BCUT2D eigenvalue weighted by Gasteiger charge is 2.12. The molecule has 3 rings (SSSR count). The number of hydrogen-bond donors (Lipinski definition) is 1. The number of fused-ring (bicyclic) bond motifs is 1. The van der Waals surface area contributed by atoms with Crippen LogP contribution in [0.4, 0.5) is 4.39 Å². The molecule has 0 aliphatic carbocycles. The van der Waals surface area contributed by atoms with Gasteiger partial charge in [-0.15, -0.1) is 11.8 Å². The van der Waals surface area contributed by atoms with Gasteiger partial charge in [-0.2, -0.15) is 0 Å². The van der Waals surface area contributed by atoms with Crippen LogP contribution in [0.2, 0.25) is 0 Å². The molecule has 0 amide bonds. The zero-order valence-electron chi connectivity index (χ0n) is 11.3. The van der Waals surface area contributed by atoms with Gasteiger partial charge >= 0.3 is 0 Å². The lowest BCUT2D eigenvalue weighted by Gasteiger charge is -2.11. The number of H-pyrrole nitrogens is 1. The molecule has 1 heterocycles. The first-order valence-electron chi connectivity index (χ1n) is 6.54. The Kier molecular flexibility index (Phi) is 3.75. The number of thioether (sulfide) groups is 1. The van der Waals surface area contributed by atoms with Gasteiger partial charge < -0.3 is 4.98 Å². The van der Waals surface area contributed by atoms with Crippen molar-refractivity contribution in [2.24, 2.45) is 0 Å². The summed E-state index contributed by atoms with van der Waals surface area (Å²) in [5, 5.41) is 0.549. The van der Waals surface area contributed by atoms with Crippen LogP contribution in [0, 0.1) is 5.82 Å². The molecule has 3 nitrogen and oxygen atoms in total. The average molecular weight is 300 g/mol. The molecule has 2 aromatic carbocycles. The molecule has 0 aliphatic rings. The van der Waals surface area contributed by atoms with E-state index in [4.69, 9.17) is 0 Å². The third-order valence-electron chi connectivity index (χ3n) is 3.14. The van der Waals surface area contributed by atoms with Gasteiger partial charge in [0, 0.05) is 4.90 Å². The van der Waals surface area contributed by atoms with Gasteiger partial charge in [-0.1, -0.05) is 12.1 Å². The summed E-state index contributed by atoms with van der Waals surface area (Å²) in [4.78, 5) is 20.3. The summed E-state index contributed by atoms with van der Waals surface area (Å²) in [5.74, 6) is 0.359. The Balaban J connectivity index is 1.92. The summed E-state index contributed by atoms with van der Waals surface area (Å²) in [6, 6.07) is 13.5. The number of hydrogen-bond acceptors (Lipinski definition) is 3. The number of aromatic nitrogens is 2. The molecule has 0 unspecified atom stereocenters. The van der Waals surface area contributed by atoms with Crippen molar-refractivity contribution in [2.75, 3.05) is 0 Å². The largest absolute Gasteiger partial charge is 0.309 e. The molecule has 0 fully saturated rings. The minimum Gasteiger partial charge on any atom is -0.309 e. The summed E-state index contributed by atoms with van der Waals surface area (Å²) < 4.78 is 12.9. The second kappa shape index (κ2) is 5.69. The second-order valence-corrected chi connectivity index (χ2v) is 6.10. The SMILES string of the molecule is C[C@@H](Sc1ccc(F)cc1)c1nc2ccccc2c(=O)[nH]1. The van der Waals surface area contributed by atoms with E-state index in [1.54, 1.807) is 18.2 Å². The van der Waals surface area contributed by atoms with Crippen LogP contribution in [0.25, 0.3) is 10.9 Å². The number of benzene rings is 2. The average Bonchev–Trinajstić information content (AvgIpc) is 2.49. The fraction of sp³-hybridized carbons (Fsp3) is 0.125. The van der Waals surface area contributed by atoms with Gasteiger partial charge in [-0.05, 0) is 43.3 Å². The molecule has 5 heteroatoms. The number of nitrogens with one attached hydrogen (secondary N) is 1. The van der Waals surface area contributed by atoms with Gasteiger partial charge in [0.25, 0.3) is 5.56 Å². The predicted octanol–water partition coefficient (Wildman–Crippen LogP) is 3.92. The first kappa shape index (κ1) is 13.8. The van der Waals surface area contributed by atoms with Gasteiger partial charge in [0.15, 0.2) is 0 Å². The molecule has 0 bridgehead atoms. The third kappa shape index (κ3) is 2.97. The van der Waals surface area contributed by atoms with Crippen LogP contribution in [0.1, 0.15) is 18.0 Å². The van der Waals surface area contributed by atoms with E-state index in [1.807, 2.05) is 25.1 Å². The van der Waals surface area contributed by atoms with E-state index in [1.165, 1.54) is 23.9 Å². The summed E-state index contributed by atoms with van der Waals surface area (Å²) in [7, 11) is 0. The van der Waals surface area contributed by atoms with E-state index in [9.17, 15) is 9.18 Å². The maximum atomic E-state index is 12.9. The zero-order chi connectivity index (χ0) is 14.8. The van der Waals surface area contributed by atoms with Crippen molar-refractivity contribution < 1.29 is 4.39 Å². The minimum absolute atomic E-state index is 0.0345. The maximum absolute atomic E-state index is 12.9. The molecule has 106 valence electrons. The van der Waals surface area contributed by atoms with Crippen LogP contribution >= 0.6 is 11.8 Å². The molecule has 3 aromatic rings. The molecule has 1 atom stereocenters. The second-order valence-electron chi connectivity index (χ2n) is 4.68. The van der Waals surface area contributed by atoms with Gasteiger partial charge in [0.1, 0.15) is 11.6 Å². The fourth-order valence-corrected chi connectivity index (χ4v) is 2.99. The van der Waals surface area contributed by atoms with E-state index in [0.29, 0.717) is 16.7 Å². The summed E-state index contributed by atoms with van der Waals surface area (Å²) >= 11 is 1.52. The number of para-hydroxylation sites is 1. The van der Waals surface area contributed by atoms with E-state index < -0.39 is 0 Å². The Hall–Kier alpha value is -2.14. The molecule has 0 aliphatic heterocycles. The fourth-order valence-electron chi connectivity index (χ4n) is 2.07. The summed E-state index contributed by atoms with van der Waals surface area (Å²) in [6.45, 7) is 1.96. The Labute approximate surface area is 125 Å². The standard InChI is InChI=1S/C16H13FN2OS/c1-10(21-12-8-6-11(17)7-9-12)15-18-14-5-3-2-4-13(14)16(20)19-15/h2-10H,1H3,(H,18,19,20)/t10-/m1/s1. The predicted molar refractivity (Wildman–Crippen MR) is 83.0 cm³/mol. The maximum Gasteiger partial charge on any atom is 0.258 e. The van der Waals surface area contributed by atoms with Crippen LogP contribution in [-0.2, 0) is 0 Å². The third-order valence-corrected chi connectivity index (χ3v) is 4.26. The van der Waals surface area contributed by atoms with Gasteiger partial charge in [-0.3, -0.25) is 4.79 Å². The normalized spacial score (nSPS) is 12.5. The van der Waals surface area contributed by atoms with Gasteiger partial charge in [0.05, 0.1) is 16.2 Å². The van der Waals surface area contributed by atoms with Crippen LogP contribution in [0.5, 0.6) is 0 Å². The Bertz CT molecular complexity index is 830. The highest BCUT2D eigenvalue weighted by Crippen LogP contribution is 2.32. The monoisotopic (exact) mass is 300 g/mol. The molecule has 21 heavy (non-hydrogen) atoms. The summed E-state index contributed by atoms with van der Waals surface area (Å²) in [6.07, 6.45) is 0. The number of halogens is 1. The van der Waals surface area contributed by atoms with E-state index in [-0.39, 0.29) is 16.6 Å². The van der Waals surface area contributed by atoms with Crippen molar-refractivity contribution in [1.82, 2.24) is 9.97 Å². The lowest BCUT2D eigenvalue weighted by Crippen LogP contribution is -2.12. The molecular formula is C16H13FN2OS. The molecule has 0 saturated carbocycles. The molecule has 1 aromatic heterocycles. The van der Waals surface area contributed by atoms with E-state index >= 15 is 0 Å². The van der Waals surface area contributed by atoms with Crippen molar-refractivity contribution >= 4 is 22.7 Å². The van der Waals surface area contributed by atoms with Crippen LogP contribution < -0.4 is 5.56 Å². The number of nitrogens with zero attached hydrogens (tertiary/aromatic N) is 1.